The number of amides is 1. The number of rotatable bonds is 11. The molecule has 0 spiro atoms. The molecule has 0 bridgehead atoms. The van der Waals surface area contributed by atoms with Crippen LogP contribution in [0.3, 0.4) is 0 Å². The number of esters is 1. The molecule has 1 saturated heterocycles. The molecule has 7 fully saturated rings. The summed E-state index contributed by atoms with van der Waals surface area (Å²) in [4.78, 5) is 87.6. The third kappa shape index (κ3) is 9.63. The summed E-state index contributed by atoms with van der Waals surface area (Å²) in [6.07, 6.45) is 21.0. The second-order valence-corrected chi connectivity index (χ2v) is 24.1. The van der Waals surface area contributed by atoms with Crippen LogP contribution in [0.2, 0.25) is 0 Å². The van der Waals surface area contributed by atoms with E-state index in [0.29, 0.717) is 37.5 Å². The molecule has 18 nitrogen and oxygen atoms in total. The van der Waals surface area contributed by atoms with Gasteiger partial charge in [0.05, 0.1) is 38.0 Å². The fourth-order valence-corrected chi connectivity index (χ4v) is 16.4. The molecule has 14 atom stereocenters. The molecule has 77 heavy (non-hydrogen) atoms. The third-order valence-electron chi connectivity index (χ3n) is 20.3. The van der Waals surface area contributed by atoms with E-state index in [1.54, 1.807) is 42.6 Å². The van der Waals surface area contributed by atoms with Gasteiger partial charge in [-0.1, -0.05) is 57.1 Å². The molecule has 9 aliphatic rings. The number of aromatic nitrogens is 3. The van der Waals surface area contributed by atoms with Crippen LogP contribution in [0.25, 0.3) is 0 Å². The summed E-state index contributed by atoms with van der Waals surface area (Å²) < 4.78 is 21.7. The lowest BCUT2D eigenvalue weighted by Gasteiger charge is -2.59. The van der Waals surface area contributed by atoms with E-state index >= 15 is 0 Å². The van der Waals surface area contributed by atoms with E-state index in [1.165, 1.54) is 18.6 Å². The highest BCUT2D eigenvalue weighted by Gasteiger charge is 2.70. The number of fused-ring (bicyclic) bond motifs is 10. The van der Waals surface area contributed by atoms with E-state index in [2.05, 4.69) is 34.1 Å². The minimum absolute atomic E-state index is 0.0145. The lowest BCUT2D eigenvalue weighted by molar-refractivity contribution is -0.181. The van der Waals surface area contributed by atoms with Crippen LogP contribution in [0, 0.1) is 57.2 Å². The van der Waals surface area contributed by atoms with Crippen LogP contribution < -0.4 is 10.1 Å². The highest BCUT2D eigenvalue weighted by molar-refractivity contribution is 6.02. The number of hydrogen-bond donors (Lipinski definition) is 5. The van der Waals surface area contributed by atoms with Gasteiger partial charge in [0, 0.05) is 71.0 Å². The van der Waals surface area contributed by atoms with Crippen LogP contribution in [0.1, 0.15) is 110 Å². The van der Waals surface area contributed by atoms with Gasteiger partial charge in [-0.15, -0.1) is 0 Å². The molecule has 3 heterocycles. The first-order valence-electron chi connectivity index (χ1n) is 27.4. The Morgan fingerprint density at radius 3 is 1.75 bits per heavy atom. The number of carbonyl (C=O) groups excluding carboxylic acids is 6. The number of pyridine rings is 1. The number of allylic oxidation sites excluding steroid dienone is 8. The molecule has 412 valence electrons. The van der Waals surface area contributed by atoms with Crippen molar-refractivity contribution >= 4 is 41.0 Å². The summed E-state index contributed by atoms with van der Waals surface area (Å²) in [5.41, 5.74) is -3.15. The summed E-state index contributed by atoms with van der Waals surface area (Å²) in [6, 6.07) is 3.47. The molecular weight excluding hydrogens is 989 g/mol. The molecule has 6 saturated carbocycles. The lowest BCUT2D eigenvalue weighted by atomic mass is 9.46. The van der Waals surface area contributed by atoms with E-state index < -0.39 is 81.9 Å². The van der Waals surface area contributed by atoms with Gasteiger partial charge in [-0.05, 0) is 118 Å². The fraction of sp³-hybridized carbons (Fsp3) is 0.610. The Labute approximate surface area is 448 Å². The Morgan fingerprint density at radius 1 is 0.701 bits per heavy atom. The Bertz CT molecular complexity index is 2790. The van der Waals surface area contributed by atoms with Crippen molar-refractivity contribution in [2.24, 2.45) is 57.2 Å². The zero-order valence-electron chi connectivity index (χ0n) is 44.4. The van der Waals surface area contributed by atoms with Gasteiger partial charge in [-0.25, -0.2) is 14.8 Å². The third-order valence-corrected chi connectivity index (χ3v) is 20.3. The number of ether oxygens (including phenoxy) is 4. The maximum Gasteiger partial charge on any atom is 0.413 e. The van der Waals surface area contributed by atoms with Crippen LogP contribution in [0.4, 0.5) is 10.6 Å². The van der Waals surface area contributed by atoms with Crippen LogP contribution in [0.15, 0.2) is 84.5 Å². The predicted molar refractivity (Wildman–Crippen MR) is 276 cm³/mol. The second kappa shape index (κ2) is 20.8. The minimum atomic E-state index is -1.70. The predicted octanol–water partition coefficient (Wildman–Crippen LogP) is 5.91. The molecule has 8 aliphatic carbocycles. The van der Waals surface area contributed by atoms with Crippen molar-refractivity contribution < 1.29 is 68.1 Å². The topological polar surface area (TPSA) is 271 Å². The first kappa shape index (κ1) is 54.6. The zero-order chi connectivity index (χ0) is 54.7. The van der Waals surface area contributed by atoms with Crippen LogP contribution in [-0.2, 0) is 44.6 Å². The number of anilines is 1. The maximum atomic E-state index is 13.5. The Balaban J connectivity index is 0.000000178. The average molecular weight is 1060 g/mol. The Morgan fingerprint density at radius 2 is 1.25 bits per heavy atom. The van der Waals surface area contributed by atoms with Gasteiger partial charge in [0.1, 0.15) is 17.3 Å². The van der Waals surface area contributed by atoms with E-state index in [0.717, 1.165) is 49.7 Å². The Hall–Kier alpha value is -5.79. The smallest absolute Gasteiger partial charge is 0.413 e. The van der Waals surface area contributed by atoms with Gasteiger partial charge in [0.2, 0.25) is 17.4 Å². The minimum Gasteiger partial charge on any atom is -0.474 e. The molecular formula is C59H72N4O14. The van der Waals surface area contributed by atoms with E-state index in [-0.39, 0.29) is 91.1 Å². The van der Waals surface area contributed by atoms with Gasteiger partial charge in [-0.2, -0.15) is 0 Å². The van der Waals surface area contributed by atoms with Crippen molar-refractivity contribution in [1.82, 2.24) is 15.0 Å². The van der Waals surface area contributed by atoms with Crippen molar-refractivity contribution in [3.8, 4) is 5.88 Å². The summed E-state index contributed by atoms with van der Waals surface area (Å²) in [7, 11) is 0. The van der Waals surface area contributed by atoms with Crippen LogP contribution in [-0.4, -0.2) is 127 Å². The molecule has 18 heteroatoms. The van der Waals surface area contributed by atoms with Crippen molar-refractivity contribution in [3.05, 3.63) is 90.1 Å². The van der Waals surface area contributed by atoms with Gasteiger partial charge in [0.25, 0.3) is 0 Å². The number of ketones is 4. The second-order valence-electron chi connectivity index (χ2n) is 24.1. The van der Waals surface area contributed by atoms with Gasteiger partial charge in [-0.3, -0.25) is 34.3 Å². The SMILES string of the molecule is CC12C=CC(=O)C=C1CCC1C2[C@@H](O)CC2(C)C1CC[C@]2(O)C(=O)COC(=O)Cc1ccc(OC2CCOCC2)nc1.CC12C=CC(=O)C=C1CCC1C2[C@@H](O)CC2(C)C1CC[C@]2(O)C(=O)COC(=O)Nc1cnccn1. The number of nitrogens with one attached hydrogen (secondary N) is 1. The van der Waals surface area contributed by atoms with Crippen LogP contribution >= 0.6 is 0 Å². The highest BCUT2D eigenvalue weighted by Crippen LogP contribution is 2.69. The molecule has 11 rings (SSSR count). The summed E-state index contributed by atoms with van der Waals surface area (Å²) in [5, 5.41) is 48.9. The molecule has 1 aliphatic heterocycles. The number of Topliss-reactive ketones (excluding diaryl/α,β-unsaturated/α-hetero) is 2. The summed E-state index contributed by atoms with van der Waals surface area (Å²) >= 11 is 0. The summed E-state index contributed by atoms with van der Waals surface area (Å²) in [6.45, 7) is 8.22. The normalized spacial score (nSPS) is 38.6. The molecule has 1 amide bonds. The molecule has 10 unspecified atom stereocenters. The fourth-order valence-electron chi connectivity index (χ4n) is 16.4. The van der Waals surface area contributed by atoms with Crippen molar-refractivity contribution in [1.29, 1.82) is 0 Å². The monoisotopic (exact) mass is 1060 g/mol. The van der Waals surface area contributed by atoms with E-state index in [1.807, 2.05) is 26.0 Å². The number of carbonyl (C=O) groups is 6. The first-order chi connectivity index (χ1) is 36.6. The highest BCUT2D eigenvalue weighted by atomic mass is 16.6. The van der Waals surface area contributed by atoms with Crippen molar-refractivity contribution in [2.45, 2.75) is 141 Å². The molecule has 2 aromatic heterocycles. The number of nitrogens with zero attached hydrogens (tertiary/aromatic N) is 3. The van der Waals surface area contributed by atoms with Crippen LogP contribution in [0.5, 0.6) is 5.88 Å². The standard InChI is InChI=1S/C33H41NO8.C26H31N3O6/c1-31-11-7-22(35)16-21(31)4-5-24-25-8-12-33(39,32(25,2)17-26(36)30(24)31)27(37)19-41-29(38)15-20-3-6-28(34-18-20)42-23-9-13-40-14-10-23;1-24-7-5-16(30)11-15(24)3-4-17-18-6-8-26(34,25(18,2)12-19(31)22(17)24)20(32)14-35-23(33)29-21-13-27-9-10-28-21/h3,6-7,11,16,18,23-26,30,36,39H,4-5,8-10,12-15,17,19H2,1-2H3;5,7,9-11,13,17-19,22,31,34H,3-4,6,8,12,14H2,1-2H3,(H,28,29,33)/t24?,25?,26-,30?,31?,32?,33-;17?,18?,19-,22?,24?,25?,26-/m00/s1. The number of aliphatic hydroxyl groups is 4. The quantitative estimate of drug-likeness (QED) is 0.164. The van der Waals surface area contributed by atoms with E-state index in [9.17, 15) is 49.2 Å². The maximum absolute atomic E-state index is 13.5. The largest absolute Gasteiger partial charge is 0.474 e. The molecule has 0 radical (unpaired) electrons. The molecule has 0 aromatic carbocycles. The average Bonchev–Trinajstić information content (AvgIpc) is 4.11. The lowest BCUT2D eigenvalue weighted by Crippen LogP contribution is -2.61. The molecule has 5 N–H and O–H groups in total. The van der Waals surface area contributed by atoms with E-state index in [4.69, 9.17) is 18.9 Å². The zero-order valence-corrected chi connectivity index (χ0v) is 44.4. The number of hydrogen-bond acceptors (Lipinski definition) is 17. The first-order valence-corrected chi connectivity index (χ1v) is 27.4. The summed E-state index contributed by atoms with van der Waals surface area (Å²) in [5.74, 6) is -0.906. The van der Waals surface area contributed by atoms with Crippen molar-refractivity contribution in [3.63, 3.8) is 0 Å². The number of aliphatic hydroxyl groups excluding tert-OH is 2. The van der Waals surface area contributed by atoms with Gasteiger partial charge >= 0.3 is 12.1 Å². The van der Waals surface area contributed by atoms with Gasteiger partial charge < -0.3 is 39.4 Å². The molecule has 2 aromatic rings. The van der Waals surface area contributed by atoms with Gasteiger partial charge in [0.15, 0.2) is 30.6 Å². The Kier molecular flexibility index (Phi) is 14.7. The van der Waals surface area contributed by atoms with Crippen molar-refractivity contribution in [2.75, 3.05) is 31.7 Å².